The molecule has 1 amide bonds. The summed E-state index contributed by atoms with van der Waals surface area (Å²) in [5.74, 6) is 4.77. The van der Waals surface area contributed by atoms with Gasteiger partial charge in [-0.1, -0.05) is 36.1 Å². The monoisotopic (exact) mass is 473 g/mol. The second-order valence-corrected chi connectivity index (χ2v) is 8.32. The van der Waals surface area contributed by atoms with Crippen molar-refractivity contribution in [1.29, 1.82) is 0 Å². The molecule has 2 atom stereocenters. The normalized spacial score (nSPS) is 12.2. The molecule has 180 valence electrons. The number of aliphatic hydroxyl groups is 2. The third-order valence-corrected chi connectivity index (χ3v) is 5.57. The highest BCUT2D eigenvalue weighted by Crippen LogP contribution is 2.11. The van der Waals surface area contributed by atoms with E-state index in [1.807, 2.05) is 36.4 Å². The Labute approximate surface area is 204 Å². The summed E-state index contributed by atoms with van der Waals surface area (Å²) >= 11 is 0. The van der Waals surface area contributed by atoms with Crippen molar-refractivity contribution in [3.05, 3.63) is 106 Å². The highest BCUT2D eigenvalue weighted by atomic mass is 19.1. The molecule has 0 aromatic heterocycles. The first-order valence-electron chi connectivity index (χ1n) is 11.4. The van der Waals surface area contributed by atoms with Crippen LogP contribution in [0.3, 0.4) is 0 Å². The van der Waals surface area contributed by atoms with Crippen LogP contribution in [0.2, 0.25) is 0 Å². The summed E-state index contributed by atoms with van der Waals surface area (Å²) < 4.78 is 13.0. The predicted molar refractivity (Wildman–Crippen MR) is 132 cm³/mol. The van der Waals surface area contributed by atoms with Gasteiger partial charge in [-0.15, -0.1) is 0 Å². The fourth-order valence-corrected chi connectivity index (χ4v) is 3.54. The van der Waals surface area contributed by atoms with Crippen LogP contribution < -0.4 is 5.32 Å². The molecule has 5 nitrogen and oxygen atoms in total. The van der Waals surface area contributed by atoms with Crippen molar-refractivity contribution in [2.24, 2.45) is 0 Å². The average molecular weight is 474 g/mol. The topological polar surface area (TPSA) is 86.6 Å². The zero-order valence-corrected chi connectivity index (χ0v) is 19.5. The van der Waals surface area contributed by atoms with E-state index >= 15 is 0 Å². The maximum Gasteiger partial charge on any atom is 0.251 e. The average Bonchev–Trinajstić information content (AvgIpc) is 2.87. The number of aryl methyl sites for hydroxylation is 2. The second-order valence-electron chi connectivity index (χ2n) is 8.32. The van der Waals surface area contributed by atoms with Crippen molar-refractivity contribution in [2.45, 2.75) is 38.3 Å². The Morgan fingerprint density at radius 3 is 1.83 bits per heavy atom. The number of halogens is 1. The van der Waals surface area contributed by atoms with Crippen molar-refractivity contribution in [3.8, 4) is 11.8 Å². The summed E-state index contributed by atoms with van der Waals surface area (Å²) in [4.78, 5) is 24.0. The van der Waals surface area contributed by atoms with E-state index in [9.17, 15) is 19.1 Å². The van der Waals surface area contributed by atoms with Crippen molar-refractivity contribution in [3.63, 3.8) is 0 Å². The van der Waals surface area contributed by atoms with E-state index in [2.05, 4.69) is 17.2 Å². The fraction of sp³-hybridized carbons (Fsp3) is 0.241. The van der Waals surface area contributed by atoms with Gasteiger partial charge >= 0.3 is 0 Å². The van der Waals surface area contributed by atoms with Gasteiger partial charge in [0.05, 0.1) is 6.10 Å². The quantitative estimate of drug-likeness (QED) is 0.416. The molecule has 0 saturated heterocycles. The Morgan fingerprint density at radius 2 is 1.34 bits per heavy atom. The first-order chi connectivity index (χ1) is 16.9. The number of hydrogen-bond acceptors (Lipinski definition) is 4. The smallest absolute Gasteiger partial charge is 0.251 e. The van der Waals surface area contributed by atoms with E-state index in [1.165, 1.54) is 24.6 Å². The van der Waals surface area contributed by atoms with Gasteiger partial charge in [-0.25, -0.2) is 4.39 Å². The van der Waals surface area contributed by atoms with Gasteiger partial charge in [-0.05, 0) is 85.8 Å². The van der Waals surface area contributed by atoms with E-state index in [1.54, 1.807) is 24.3 Å². The minimum atomic E-state index is -1.17. The molecule has 0 bridgehead atoms. The van der Waals surface area contributed by atoms with Crippen LogP contribution in [0, 0.1) is 17.7 Å². The number of ketones is 1. The number of nitrogens with one attached hydrogen (secondary N) is 1. The number of aliphatic hydroxyl groups excluding tert-OH is 2. The molecule has 3 aromatic rings. The Hall–Kier alpha value is -3.79. The van der Waals surface area contributed by atoms with Gasteiger partial charge in [-0.2, -0.15) is 0 Å². The van der Waals surface area contributed by atoms with Gasteiger partial charge < -0.3 is 15.5 Å². The minimum absolute atomic E-state index is 0.218. The zero-order chi connectivity index (χ0) is 25.2. The Bertz CT molecular complexity index is 1190. The minimum Gasteiger partial charge on any atom is -0.391 e. The van der Waals surface area contributed by atoms with Crippen molar-refractivity contribution < 1.29 is 24.2 Å². The number of carbonyl (C=O) groups is 2. The summed E-state index contributed by atoms with van der Waals surface area (Å²) in [7, 11) is 0. The number of carbonyl (C=O) groups excluding carboxylic acids is 2. The van der Waals surface area contributed by atoms with Crippen LogP contribution in [0.25, 0.3) is 0 Å². The lowest BCUT2D eigenvalue weighted by molar-refractivity contribution is -0.125. The molecule has 0 fully saturated rings. The first kappa shape index (κ1) is 25.8. The summed E-state index contributed by atoms with van der Waals surface area (Å²) in [6, 6.07) is 20.1. The van der Waals surface area contributed by atoms with E-state index in [0.717, 1.165) is 36.0 Å². The maximum atomic E-state index is 13.0. The Balaban J connectivity index is 1.53. The van der Waals surface area contributed by atoms with Gasteiger partial charge in [0.15, 0.2) is 5.78 Å². The molecule has 0 saturated carbocycles. The number of rotatable bonds is 9. The van der Waals surface area contributed by atoms with Gasteiger partial charge in [-0.3, -0.25) is 9.59 Å². The van der Waals surface area contributed by atoms with E-state index in [0.29, 0.717) is 5.56 Å². The molecular weight excluding hydrogens is 445 g/mol. The van der Waals surface area contributed by atoms with Crippen molar-refractivity contribution in [1.82, 2.24) is 5.32 Å². The van der Waals surface area contributed by atoms with E-state index in [-0.39, 0.29) is 5.82 Å². The number of Topliss-reactive ketones (excluding diaryl/α,β-unsaturated/α-hetero) is 1. The maximum absolute atomic E-state index is 13.0. The Morgan fingerprint density at radius 1 is 0.857 bits per heavy atom. The molecule has 3 N–H and O–H groups in total. The molecule has 0 heterocycles. The summed E-state index contributed by atoms with van der Waals surface area (Å²) in [5, 5.41) is 21.1. The predicted octanol–water partition coefficient (Wildman–Crippen LogP) is 3.44. The van der Waals surface area contributed by atoms with Crippen molar-refractivity contribution in [2.75, 3.05) is 6.61 Å². The third kappa shape index (κ3) is 7.89. The molecule has 6 heteroatoms. The summed E-state index contributed by atoms with van der Waals surface area (Å²) in [6.07, 6.45) is 1.68. The van der Waals surface area contributed by atoms with Gasteiger partial charge in [0.25, 0.3) is 5.91 Å². The second kappa shape index (κ2) is 12.6. The molecule has 0 unspecified atom stereocenters. The molecular formula is C29H28FNO4. The van der Waals surface area contributed by atoms with E-state index in [4.69, 9.17) is 5.11 Å². The highest BCUT2D eigenvalue weighted by Gasteiger charge is 2.25. The van der Waals surface area contributed by atoms with Gasteiger partial charge in [0.1, 0.15) is 18.5 Å². The lowest BCUT2D eigenvalue weighted by atomic mass is 10.0. The van der Waals surface area contributed by atoms with Crippen LogP contribution in [0.4, 0.5) is 4.39 Å². The molecule has 35 heavy (non-hydrogen) atoms. The molecule has 0 spiro atoms. The molecule has 3 rings (SSSR count). The van der Waals surface area contributed by atoms with Gasteiger partial charge in [0.2, 0.25) is 0 Å². The highest BCUT2D eigenvalue weighted by molar-refractivity contribution is 5.98. The molecule has 0 aliphatic heterocycles. The van der Waals surface area contributed by atoms with E-state index < -0.39 is 30.4 Å². The van der Waals surface area contributed by atoms with Gasteiger partial charge in [0, 0.05) is 16.7 Å². The largest absolute Gasteiger partial charge is 0.391 e. The molecule has 0 aliphatic carbocycles. The zero-order valence-electron chi connectivity index (χ0n) is 19.5. The summed E-state index contributed by atoms with van der Waals surface area (Å²) in [6.45, 7) is 0.610. The number of hydrogen-bond donors (Lipinski definition) is 3. The first-order valence-corrected chi connectivity index (χ1v) is 11.4. The summed E-state index contributed by atoms with van der Waals surface area (Å²) in [5.41, 5.74) is 4.25. The molecule has 3 aromatic carbocycles. The molecule has 0 radical (unpaired) electrons. The standard InChI is InChI=1S/C29H28FNO4/c1-20(33)28(27(34)19-32)31-29(35)25-15-11-24(12-16-25)10-9-23-7-5-21(6-8-23)3-2-4-22-13-17-26(30)18-14-22/h5-8,11-18,20,28,32-33H,2-4,19H2,1H3,(H,31,35)/t20-,28+/m1/s1. The van der Waals surface area contributed by atoms with Crippen LogP contribution in [0.15, 0.2) is 72.8 Å². The third-order valence-electron chi connectivity index (χ3n) is 5.57. The van der Waals surface area contributed by atoms with Crippen LogP contribution >= 0.6 is 0 Å². The Kier molecular flexibility index (Phi) is 9.31. The van der Waals surface area contributed by atoms with Crippen LogP contribution in [0.1, 0.15) is 46.0 Å². The van der Waals surface area contributed by atoms with Crippen molar-refractivity contribution >= 4 is 11.7 Å². The van der Waals surface area contributed by atoms with Crippen LogP contribution in [0.5, 0.6) is 0 Å². The lowest BCUT2D eigenvalue weighted by Gasteiger charge is -2.19. The SMILES string of the molecule is C[C@@H](O)[C@H](NC(=O)c1ccc(C#Cc2ccc(CCCc3ccc(F)cc3)cc2)cc1)C(=O)CO. The lowest BCUT2D eigenvalue weighted by Crippen LogP contribution is -2.48. The van der Waals surface area contributed by atoms with Crippen LogP contribution in [-0.2, 0) is 17.6 Å². The number of benzene rings is 3. The number of amides is 1. The molecule has 0 aliphatic rings. The fourth-order valence-electron chi connectivity index (χ4n) is 3.54. The van der Waals surface area contributed by atoms with Crippen LogP contribution in [-0.4, -0.2) is 40.7 Å².